The van der Waals surface area contributed by atoms with Gasteiger partial charge in [-0.3, -0.25) is 14.8 Å². The molecule has 0 radical (unpaired) electrons. The van der Waals surface area contributed by atoms with Crippen molar-refractivity contribution in [3.63, 3.8) is 0 Å². The molecule has 28 heavy (non-hydrogen) atoms. The van der Waals surface area contributed by atoms with Crippen molar-refractivity contribution in [2.75, 3.05) is 10.6 Å². The maximum absolute atomic E-state index is 11.9. The first kappa shape index (κ1) is 20.7. The number of hydrogen-bond acceptors (Lipinski definition) is 7. The van der Waals surface area contributed by atoms with Gasteiger partial charge in [-0.15, -0.1) is 0 Å². The molecule has 148 valence electrons. The third-order valence-electron chi connectivity index (χ3n) is 3.68. The fourth-order valence-electron chi connectivity index (χ4n) is 2.30. The van der Waals surface area contributed by atoms with Crippen molar-refractivity contribution in [2.24, 2.45) is 0 Å². The van der Waals surface area contributed by atoms with Gasteiger partial charge in [0.05, 0.1) is 0 Å². The van der Waals surface area contributed by atoms with E-state index in [0.717, 1.165) is 12.1 Å². The lowest BCUT2D eigenvalue weighted by Crippen LogP contribution is -2.17. The van der Waals surface area contributed by atoms with Gasteiger partial charge in [0.1, 0.15) is 23.7 Å². The molecule has 2 aromatic rings. The van der Waals surface area contributed by atoms with Crippen molar-refractivity contribution in [2.45, 2.75) is 19.4 Å². The van der Waals surface area contributed by atoms with Gasteiger partial charge < -0.3 is 26.0 Å². The largest absolute Gasteiger partial charge is 0.508 e. The maximum Gasteiger partial charge on any atom is 0.339 e. The standard InChI is InChI=1S/C18H18N2O8/c21-14-7-11(2-1-10(14)9-28-27)19-16(23)5-6-17(24)20-12-3-4-13(18(25)26)15(22)8-12/h1-4,7-8,21-22,27H,5-6,9H2,(H,19,23)(H,20,24)(H,25,26). The normalized spacial score (nSPS) is 10.3. The lowest BCUT2D eigenvalue weighted by Gasteiger charge is -2.09. The highest BCUT2D eigenvalue weighted by molar-refractivity contribution is 5.97. The molecule has 10 heteroatoms. The lowest BCUT2D eigenvalue weighted by atomic mass is 10.1. The van der Waals surface area contributed by atoms with Gasteiger partial charge >= 0.3 is 5.97 Å². The Morgan fingerprint density at radius 2 is 1.39 bits per heavy atom. The van der Waals surface area contributed by atoms with Crippen LogP contribution in [0.15, 0.2) is 36.4 Å². The van der Waals surface area contributed by atoms with Crippen LogP contribution in [0.1, 0.15) is 28.8 Å². The van der Waals surface area contributed by atoms with E-state index in [2.05, 4.69) is 15.5 Å². The molecule has 0 atom stereocenters. The summed E-state index contributed by atoms with van der Waals surface area (Å²) in [5.74, 6) is -2.93. The van der Waals surface area contributed by atoms with Crippen molar-refractivity contribution in [1.82, 2.24) is 0 Å². The van der Waals surface area contributed by atoms with Crippen molar-refractivity contribution in [3.05, 3.63) is 47.5 Å². The fourth-order valence-corrected chi connectivity index (χ4v) is 2.30. The first-order chi connectivity index (χ1) is 13.3. The summed E-state index contributed by atoms with van der Waals surface area (Å²) < 4.78 is 0. The van der Waals surface area contributed by atoms with E-state index >= 15 is 0 Å². The average Bonchev–Trinajstić information content (AvgIpc) is 2.62. The van der Waals surface area contributed by atoms with Crippen LogP contribution in [0.2, 0.25) is 0 Å². The molecule has 0 aromatic heterocycles. The third kappa shape index (κ3) is 5.69. The molecule has 0 heterocycles. The van der Waals surface area contributed by atoms with E-state index in [1.165, 1.54) is 24.3 Å². The molecule has 2 rings (SSSR count). The molecule has 0 aliphatic heterocycles. The molecule has 2 aromatic carbocycles. The van der Waals surface area contributed by atoms with E-state index in [1.807, 2.05) is 0 Å². The molecular weight excluding hydrogens is 372 g/mol. The monoisotopic (exact) mass is 390 g/mol. The Kier molecular flexibility index (Phi) is 6.90. The highest BCUT2D eigenvalue weighted by Gasteiger charge is 2.12. The number of hydrogen-bond donors (Lipinski definition) is 6. The molecule has 0 fully saturated rings. The van der Waals surface area contributed by atoms with Gasteiger partial charge in [0, 0.05) is 41.9 Å². The van der Waals surface area contributed by atoms with Crippen LogP contribution in [0.4, 0.5) is 11.4 Å². The topological polar surface area (TPSA) is 165 Å². The number of rotatable bonds is 8. The molecule has 0 aliphatic rings. The summed E-state index contributed by atoms with van der Waals surface area (Å²) in [6.45, 7) is -0.205. The summed E-state index contributed by atoms with van der Waals surface area (Å²) in [5, 5.41) is 41.5. The minimum atomic E-state index is -1.30. The van der Waals surface area contributed by atoms with Crippen LogP contribution < -0.4 is 10.6 Å². The molecule has 0 unspecified atom stereocenters. The molecule has 6 N–H and O–H groups in total. The molecule has 0 saturated carbocycles. The van der Waals surface area contributed by atoms with Crippen LogP contribution >= 0.6 is 0 Å². The molecule has 2 amide bonds. The Balaban J connectivity index is 1.85. The number of phenolic OH excluding ortho intramolecular Hbond substituents is 1. The summed E-state index contributed by atoms with van der Waals surface area (Å²) in [6.07, 6.45) is -0.303. The third-order valence-corrected chi connectivity index (χ3v) is 3.68. The van der Waals surface area contributed by atoms with Gasteiger partial charge in [0.2, 0.25) is 11.8 Å². The Bertz CT molecular complexity index is 897. The Labute approximate surface area is 158 Å². The van der Waals surface area contributed by atoms with Gasteiger partial charge in [-0.25, -0.2) is 9.68 Å². The Hall–Kier alpha value is -3.63. The predicted molar refractivity (Wildman–Crippen MR) is 97.1 cm³/mol. The Morgan fingerprint density at radius 3 is 1.86 bits per heavy atom. The van der Waals surface area contributed by atoms with Crippen LogP contribution in [0.3, 0.4) is 0 Å². The minimum Gasteiger partial charge on any atom is -0.508 e. The summed E-state index contributed by atoms with van der Waals surface area (Å²) >= 11 is 0. The number of carbonyl (C=O) groups excluding carboxylic acids is 2. The number of anilines is 2. The van der Waals surface area contributed by atoms with Crippen LogP contribution in [0.25, 0.3) is 0 Å². The smallest absolute Gasteiger partial charge is 0.339 e. The van der Waals surface area contributed by atoms with Gasteiger partial charge in [-0.05, 0) is 18.2 Å². The highest BCUT2D eigenvalue weighted by Crippen LogP contribution is 2.23. The molecular formula is C18H18N2O8. The number of benzene rings is 2. The molecule has 10 nitrogen and oxygen atoms in total. The van der Waals surface area contributed by atoms with Crippen LogP contribution in [0.5, 0.6) is 11.5 Å². The second-order valence-corrected chi connectivity index (χ2v) is 5.75. The SMILES string of the molecule is O=C(CCC(=O)Nc1ccc(C(=O)O)c(O)c1)Nc1ccc(COO)c(O)c1. The first-order valence-corrected chi connectivity index (χ1v) is 8.04. The van der Waals surface area contributed by atoms with E-state index in [0.29, 0.717) is 11.3 Å². The van der Waals surface area contributed by atoms with Gasteiger partial charge in [-0.2, -0.15) is 0 Å². The van der Waals surface area contributed by atoms with Gasteiger partial charge in [-0.1, -0.05) is 6.07 Å². The van der Waals surface area contributed by atoms with E-state index in [4.69, 9.17) is 10.4 Å². The van der Waals surface area contributed by atoms with Gasteiger partial charge in [0.25, 0.3) is 0 Å². The fraction of sp³-hybridized carbons (Fsp3) is 0.167. The van der Waals surface area contributed by atoms with E-state index < -0.39 is 23.5 Å². The predicted octanol–water partition coefficient (Wildman–Crippen LogP) is 2.14. The number of amides is 2. The van der Waals surface area contributed by atoms with Gasteiger partial charge in [0.15, 0.2) is 0 Å². The average molecular weight is 390 g/mol. The minimum absolute atomic E-state index is 0.146. The summed E-state index contributed by atoms with van der Waals surface area (Å²) in [5.41, 5.74) is 0.535. The molecule has 0 spiro atoms. The zero-order chi connectivity index (χ0) is 20.7. The van der Waals surface area contributed by atoms with E-state index in [-0.39, 0.29) is 36.4 Å². The zero-order valence-corrected chi connectivity index (χ0v) is 14.5. The Morgan fingerprint density at radius 1 is 0.857 bits per heavy atom. The van der Waals surface area contributed by atoms with Crippen molar-refractivity contribution >= 4 is 29.2 Å². The van der Waals surface area contributed by atoms with E-state index in [1.54, 1.807) is 0 Å². The van der Waals surface area contributed by atoms with Crippen LogP contribution in [0, 0.1) is 0 Å². The highest BCUT2D eigenvalue weighted by atomic mass is 17.1. The zero-order valence-electron chi connectivity index (χ0n) is 14.5. The number of carbonyl (C=O) groups is 3. The van der Waals surface area contributed by atoms with Crippen LogP contribution in [-0.2, 0) is 21.1 Å². The maximum atomic E-state index is 11.9. The number of aromatic carboxylic acids is 1. The second kappa shape index (κ2) is 9.35. The molecule has 0 saturated heterocycles. The molecule has 0 bridgehead atoms. The lowest BCUT2D eigenvalue weighted by molar-refractivity contribution is -0.253. The van der Waals surface area contributed by atoms with Crippen molar-refractivity contribution < 1.29 is 39.8 Å². The number of phenols is 2. The number of nitrogens with one attached hydrogen (secondary N) is 2. The number of aromatic hydroxyl groups is 2. The number of carboxylic acids is 1. The van der Waals surface area contributed by atoms with Crippen molar-refractivity contribution in [1.29, 1.82) is 0 Å². The van der Waals surface area contributed by atoms with Crippen LogP contribution in [-0.4, -0.2) is 38.4 Å². The molecule has 0 aliphatic carbocycles. The quantitative estimate of drug-likeness (QED) is 0.295. The first-order valence-electron chi connectivity index (χ1n) is 8.04. The second-order valence-electron chi connectivity index (χ2n) is 5.75. The summed E-state index contributed by atoms with van der Waals surface area (Å²) in [7, 11) is 0. The summed E-state index contributed by atoms with van der Waals surface area (Å²) in [6, 6.07) is 7.81. The summed E-state index contributed by atoms with van der Waals surface area (Å²) in [4.78, 5) is 38.6. The van der Waals surface area contributed by atoms with Crippen molar-refractivity contribution in [3.8, 4) is 11.5 Å². The number of carboxylic acid groups (broad SMARTS) is 1. The van der Waals surface area contributed by atoms with E-state index in [9.17, 15) is 24.6 Å².